The van der Waals surface area contributed by atoms with Crippen molar-refractivity contribution < 1.29 is 27.5 Å². The van der Waals surface area contributed by atoms with Crippen LogP contribution in [-0.4, -0.2) is 23.1 Å². The minimum Gasteiger partial charge on any atom is -0.443 e. The number of carbonyl (C=O) groups excluding carboxylic acids is 2. The number of anilines is 1. The average Bonchev–Trinajstić information content (AvgIpc) is 2.94. The van der Waals surface area contributed by atoms with E-state index in [1.54, 1.807) is 57.2 Å². The van der Waals surface area contributed by atoms with Crippen molar-refractivity contribution in [1.82, 2.24) is 0 Å². The van der Waals surface area contributed by atoms with Gasteiger partial charge in [-0.3, -0.25) is 4.79 Å². The predicted octanol–water partition coefficient (Wildman–Crippen LogP) is 6.62. The van der Waals surface area contributed by atoms with E-state index in [4.69, 9.17) is 4.74 Å². The van der Waals surface area contributed by atoms with Crippen LogP contribution in [0.2, 0.25) is 0 Å². The van der Waals surface area contributed by atoms with Crippen molar-refractivity contribution in [3.05, 3.63) is 77.9 Å². The van der Waals surface area contributed by atoms with Crippen LogP contribution in [0.4, 0.5) is 23.7 Å². The van der Waals surface area contributed by atoms with Gasteiger partial charge in [-0.25, -0.2) is 9.69 Å². The van der Waals surface area contributed by atoms with Crippen LogP contribution in [0.25, 0.3) is 10.8 Å². The number of ether oxygens (including phenoxy) is 1. The number of fused-ring (bicyclic) bond motifs is 2. The van der Waals surface area contributed by atoms with E-state index in [2.05, 4.69) is 0 Å². The topological polar surface area (TPSA) is 46.6 Å². The van der Waals surface area contributed by atoms with Gasteiger partial charge in [0, 0.05) is 5.56 Å². The lowest BCUT2D eigenvalue weighted by Gasteiger charge is -2.30. The molecule has 1 aliphatic heterocycles. The molecule has 0 spiro atoms. The van der Waals surface area contributed by atoms with Gasteiger partial charge >= 0.3 is 11.6 Å². The molecule has 1 atom stereocenters. The van der Waals surface area contributed by atoms with Gasteiger partial charge in [-0.05, 0) is 61.0 Å². The Labute approximate surface area is 187 Å². The molecule has 3 aromatic carbocycles. The third kappa shape index (κ3) is 3.83. The Hall–Kier alpha value is -3.00. The molecule has 1 heterocycles. The number of imide groups is 1. The highest BCUT2D eigenvalue weighted by Crippen LogP contribution is 2.58. The van der Waals surface area contributed by atoms with E-state index < -0.39 is 39.6 Å². The molecule has 0 unspecified atom stereocenters. The zero-order valence-electron chi connectivity index (χ0n) is 17.6. The van der Waals surface area contributed by atoms with Gasteiger partial charge < -0.3 is 4.74 Å². The maximum atomic E-state index is 13.9. The number of para-hydroxylation sites is 1. The van der Waals surface area contributed by atoms with Gasteiger partial charge in [0.1, 0.15) is 5.60 Å². The summed E-state index contributed by atoms with van der Waals surface area (Å²) in [6, 6.07) is 18.0. The molecule has 0 radical (unpaired) electrons. The minimum atomic E-state index is -4.75. The Balaban J connectivity index is 1.97. The van der Waals surface area contributed by atoms with E-state index >= 15 is 0 Å². The van der Waals surface area contributed by atoms with Gasteiger partial charge in [0.15, 0.2) is 4.75 Å². The molecule has 0 fully saturated rings. The summed E-state index contributed by atoms with van der Waals surface area (Å²) in [6.07, 6.45) is -1.01. The fourth-order valence-electron chi connectivity index (χ4n) is 3.86. The molecule has 3 aromatic rings. The molecule has 0 aliphatic carbocycles. The molecule has 2 amide bonds. The summed E-state index contributed by atoms with van der Waals surface area (Å²) in [5, 5.41) is 1.51. The molecular formula is C24H20F3NO3S. The molecule has 4 rings (SSSR count). The number of carbonyl (C=O) groups is 2. The van der Waals surface area contributed by atoms with E-state index in [1.807, 2.05) is 12.1 Å². The number of rotatable bonds is 2. The first-order valence-corrected chi connectivity index (χ1v) is 10.7. The standard InChI is InChI=1S/C24H20F3NO3S/c1-22(2,3)31-21(30)28-19-11-7-6-10-18(19)23(20(28)29,32-24(25,26)27)17-13-12-15-8-4-5-9-16(15)14-17/h4-14H,1-3H3/t23-/m0/s1. The van der Waals surface area contributed by atoms with Crippen LogP contribution < -0.4 is 4.90 Å². The van der Waals surface area contributed by atoms with Crippen LogP contribution >= 0.6 is 11.8 Å². The summed E-state index contributed by atoms with van der Waals surface area (Å²) >= 11 is -0.436. The second kappa shape index (κ2) is 7.55. The molecule has 32 heavy (non-hydrogen) atoms. The largest absolute Gasteiger partial charge is 0.443 e. The summed E-state index contributed by atoms with van der Waals surface area (Å²) in [4.78, 5) is 27.4. The van der Waals surface area contributed by atoms with Crippen molar-refractivity contribution in [2.75, 3.05) is 4.90 Å². The van der Waals surface area contributed by atoms with Crippen LogP contribution in [-0.2, 0) is 14.3 Å². The molecule has 0 aromatic heterocycles. The van der Waals surface area contributed by atoms with E-state index in [9.17, 15) is 22.8 Å². The summed E-state index contributed by atoms with van der Waals surface area (Å²) in [5.74, 6) is -1.01. The lowest BCUT2D eigenvalue weighted by atomic mass is 9.90. The van der Waals surface area contributed by atoms with Crippen LogP contribution in [0.5, 0.6) is 0 Å². The van der Waals surface area contributed by atoms with E-state index in [0.29, 0.717) is 10.3 Å². The Morgan fingerprint density at radius 1 is 0.938 bits per heavy atom. The number of hydrogen-bond donors (Lipinski definition) is 0. The molecule has 166 valence electrons. The van der Waals surface area contributed by atoms with Crippen molar-refractivity contribution in [1.29, 1.82) is 0 Å². The maximum Gasteiger partial charge on any atom is 0.443 e. The number of thioether (sulfide) groups is 1. The zero-order valence-corrected chi connectivity index (χ0v) is 18.4. The molecule has 4 nitrogen and oxygen atoms in total. The van der Waals surface area contributed by atoms with E-state index in [-0.39, 0.29) is 16.8 Å². The first-order chi connectivity index (χ1) is 14.9. The molecule has 0 saturated carbocycles. The summed E-state index contributed by atoms with van der Waals surface area (Å²) < 4.78 is 44.9. The number of amides is 2. The Morgan fingerprint density at radius 3 is 2.22 bits per heavy atom. The molecule has 1 aliphatic rings. The molecule has 0 saturated heterocycles. The number of hydrogen-bond acceptors (Lipinski definition) is 4. The Kier molecular flexibility index (Phi) is 5.24. The number of benzene rings is 3. The van der Waals surface area contributed by atoms with Gasteiger partial charge in [-0.1, -0.05) is 54.6 Å². The summed E-state index contributed by atoms with van der Waals surface area (Å²) in [5.41, 5.74) is -5.37. The highest BCUT2D eigenvalue weighted by atomic mass is 32.2. The van der Waals surface area contributed by atoms with Crippen LogP contribution in [0.1, 0.15) is 31.9 Å². The second-order valence-corrected chi connectivity index (χ2v) is 9.71. The number of halogens is 3. The van der Waals surface area contributed by atoms with Gasteiger partial charge in [0.25, 0.3) is 5.91 Å². The summed E-state index contributed by atoms with van der Waals surface area (Å²) in [7, 11) is 0. The normalized spacial score (nSPS) is 18.7. The minimum absolute atomic E-state index is 0.0802. The van der Waals surface area contributed by atoms with Crippen molar-refractivity contribution in [2.45, 2.75) is 36.6 Å². The number of alkyl halides is 3. The lowest BCUT2D eigenvalue weighted by molar-refractivity contribution is -0.119. The third-order valence-electron chi connectivity index (χ3n) is 5.03. The summed E-state index contributed by atoms with van der Waals surface area (Å²) in [6.45, 7) is 4.87. The van der Waals surface area contributed by atoms with Gasteiger partial charge in [-0.2, -0.15) is 13.2 Å². The van der Waals surface area contributed by atoms with Crippen molar-refractivity contribution in [3.8, 4) is 0 Å². The average molecular weight is 459 g/mol. The second-order valence-electron chi connectivity index (χ2n) is 8.43. The third-order valence-corrected chi connectivity index (χ3v) is 6.20. The fraction of sp³-hybridized carbons (Fsp3) is 0.250. The fourth-order valence-corrected chi connectivity index (χ4v) is 4.91. The van der Waals surface area contributed by atoms with Crippen LogP contribution in [0, 0.1) is 0 Å². The molecule has 8 heteroatoms. The predicted molar refractivity (Wildman–Crippen MR) is 119 cm³/mol. The van der Waals surface area contributed by atoms with Crippen molar-refractivity contribution >= 4 is 40.2 Å². The van der Waals surface area contributed by atoms with Gasteiger partial charge in [0.05, 0.1) is 5.69 Å². The zero-order chi connectivity index (χ0) is 23.3. The Morgan fingerprint density at radius 2 is 1.56 bits per heavy atom. The first kappa shape index (κ1) is 22.2. The monoisotopic (exact) mass is 459 g/mol. The molecule has 0 bridgehead atoms. The molecule has 0 N–H and O–H groups in total. The highest BCUT2D eigenvalue weighted by molar-refractivity contribution is 8.02. The van der Waals surface area contributed by atoms with Crippen molar-refractivity contribution in [2.24, 2.45) is 0 Å². The number of nitrogens with zero attached hydrogens (tertiary/aromatic N) is 1. The SMILES string of the molecule is CC(C)(C)OC(=O)N1C(=O)[C@](SC(F)(F)F)(c2ccc3ccccc3c2)c2ccccc21. The van der Waals surface area contributed by atoms with Crippen LogP contribution in [0.3, 0.4) is 0 Å². The van der Waals surface area contributed by atoms with Gasteiger partial charge in [-0.15, -0.1) is 0 Å². The van der Waals surface area contributed by atoms with Crippen LogP contribution in [0.15, 0.2) is 66.7 Å². The van der Waals surface area contributed by atoms with E-state index in [1.165, 1.54) is 18.2 Å². The quantitative estimate of drug-likeness (QED) is 0.432. The molecular weight excluding hydrogens is 439 g/mol. The maximum absolute atomic E-state index is 13.9. The van der Waals surface area contributed by atoms with Crippen molar-refractivity contribution in [3.63, 3.8) is 0 Å². The Bertz CT molecular complexity index is 1220. The van der Waals surface area contributed by atoms with E-state index in [0.717, 1.165) is 5.39 Å². The first-order valence-electron chi connectivity index (χ1n) is 9.86. The van der Waals surface area contributed by atoms with Gasteiger partial charge in [0.2, 0.25) is 0 Å². The lowest BCUT2D eigenvalue weighted by Crippen LogP contribution is -2.45. The highest BCUT2D eigenvalue weighted by Gasteiger charge is 2.60. The smallest absolute Gasteiger partial charge is 0.443 e.